The SMILES string of the molecule is CC(C)(C)OC(=O)COCCOc1ccc(CCOS(C)(=O)=O)cc1. The molecule has 0 radical (unpaired) electrons. The van der Waals surface area contributed by atoms with Gasteiger partial charge in [-0.3, -0.25) is 4.18 Å². The predicted molar refractivity (Wildman–Crippen MR) is 93.1 cm³/mol. The van der Waals surface area contributed by atoms with Crippen molar-refractivity contribution in [3.63, 3.8) is 0 Å². The average molecular weight is 374 g/mol. The van der Waals surface area contributed by atoms with Crippen molar-refractivity contribution in [1.29, 1.82) is 0 Å². The Morgan fingerprint density at radius 2 is 1.68 bits per heavy atom. The van der Waals surface area contributed by atoms with E-state index in [4.69, 9.17) is 18.4 Å². The maximum absolute atomic E-state index is 11.4. The van der Waals surface area contributed by atoms with Crippen LogP contribution in [0.15, 0.2) is 24.3 Å². The van der Waals surface area contributed by atoms with Crippen molar-refractivity contribution in [2.45, 2.75) is 32.8 Å². The fraction of sp³-hybridized carbons (Fsp3) is 0.588. The Morgan fingerprint density at radius 1 is 1.04 bits per heavy atom. The molecule has 0 spiro atoms. The molecule has 1 rings (SSSR count). The first kappa shape index (κ1) is 21.4. The predicted octanol–water partition coefficient (Wildman–Crippen LogP) is 1.94. The summed E-state index contributed by atoms with van der Waals surface area (Å²) in [5.74, 6) is 0.252. The van der Waals surface area contributed by atoms with E-state index in [0.29, 0.717) is 18.8 Å². The molecular weight excluding hydrogens is 348 g/mol. The van der Waals surface area contributed by atoms with Gasteiger partial charge < -0.3 is 14.2 Å². The van der Waals surface area contributed by atoms with E-state index < -0.39 is 21.7 Å². The van der Waals surface area contributed by atoms with E-state index >= 15 is 0 Å². The van der Waals surface area contributed by atoms with Crippen LogP contribution in [0.25, 0.3) is 0 Å². The van der Waals surface area contributed by atoms with Crippen LogP contribution < -0.4 is 4.74 Å². The molecule has 0 fully saturated rings. The first-order chi connectivity index (χ1) is 11.6. The second-order valence-corrected chi connectivity index (χ2v) is 8.05. The van der Waals surface area contributed by atoms with E-state index in [0.717, 1.165) is 11.8 Å². The number of hydrogen-bond donors (Lipinski definition) is 0. The highest BCUT2D eigenvalue weighted by Crippen LogP contribution is 2.13. The van der Waals surface area contributed by atoms with Crippen molar-refractivity contribution >= 4 is 16.1 Å². The summed E-state index contributed by atoms with van der Waals surface area (Å²) in [6.45, 7) is 5.96. The van der Waals surface area contributed by atoms with Crippen LogP contribution in [0.5, 0.6) is 5.75 Å². The molecule has 25 heavy (non-hydrogen) atoms. The van der Waals surface area contributed by atoms with Gasteiger partial charge in [-0.05, 0) is 44.9 Å². The number of rotatable bonds is 10. The van der Waals surface area contributed by atoms with Crippen molar-refractivity contribution in [2.75, 3.05) is 32.7 Å². The molecule has 0 unspecified atom stereocenters. The van der Waals surface area contributed by atoms with E-state index in [-0.39, 0.29) is 19.8 Å². The summed E-state index contributed by atoms with van der Waals surface area (Å²) in [6.07, 6.45) is 1.52. The molecule has 0 aliphatic rings. The zero-order valence-corrected chi connectivity index (χ0v) is 15.9. The number of carbonyl (C=O) groups excluding carboxylic acids is 1. The summed E-state index contributed by atoms with van der Waals surface area (Å²) in [6, 6.07) is 7.23. The highest BCUT2D eigenvalue weighted by atomic mass is 32.2. The van der Waals surface area contributed by atoms with Crippen molar-refractivity contribution in [1.82, 2.24) is 0 Å². The van der Waals surface area contributed by atoms with Gasteiger partial charge in [0.2, 0.25) is 0 Å². The molecule has 142 valence electrons. The summed E-state index contributed by atoms with van der Waals surface area (Å²) in [4.78, 5) is 11.4. The summed E-state index contributed by atoms with van der Waals surface area (Å²) in [5, 5.41) is 0. The van der Waals surface area contributed by atoms with Crippen molar-refractivity contribution < 1.29 is 31.6 Å². The van der Waals surface area contributed by atoms with Crippen LogP contribution in [-0.4, -0.2) is 52.7 Å². The first-order valence-electron chi connectivity index (χ1n) is 7.91. The lowest BCUT2D eigenvalue weighted by molar-refractivity contribution is -0.160. The smallest absolute Gasteiger partial charge is 0.332 e. The van der Waals surface area contributed by atoms with E-state index in [9.17, 15) is 13.2 Å². The maximum atomic E-state index is 11.4. The lowest BCUT2D eigenvalue weighted by Crippen LogP contribution is -2.27. The lowest BCUT2D eigenvalue weighted by Gasteiger charge is -2.19. The van der Waals surface area contributed by atoms with Gasteiger partial charge in [0.1, 0.15) is 24.6 Å². The molecule has 0 aliphatic carbocycles. The number of carbonyl (C=O) groups is 1. The van der Waals surface area contributed by atoms with Crippen LogP contribution in [0.2, 0.25) is 0 Å². The summed E-state index contributed by atoms with van der Waals surface area (Å²) in [7, 11) is -3.41. The third-order valence-corrected chi connectivity index (χ3v) is 3.34. The quantitative estimate of drug-likeness (QED) is 0.351. The second kappa shape index (κ2) is 9.74. The topological polar surface area (TPSA) is 88.1 Å². The maximum Gasteiger partial charge on any atom is 0.332 e. The van der Waals surface area contributed by atoms with E-state index in [1.54, 1.807) is 32.9 Å². The first-order valence-corrected chi connectivity index (χ1v) is 9.72. The van der Waals surface area contributed by atoms with Crippen molar-refractivity contribution in [3.05, 3.63) is 29.8 Å². The number of ether oxygens (including phenoxy) is 3. The minimum atomic E-state index is -3.41. The van der Waals surface area contributed by atoms with Gasteiger partial charge in [0, 0.05) is 0 Å². The zero-order valence-electron chi connectivity index (χ0n) is 15.1. The Kier molecular flexibility index (Phi) is 8.34. The van der Waals surface area contributed by atoms with Crippen molar-refractivity contribution in [2.24, 2.45) is 0 Å². The van der Waals surface area contributed by atoms with Gasteiger partial charge in [-0.15, -0.1) is 0 Å². The monoisotopic (exact) mass is 374 g/mol. The second-order valence-electron chi connectivity index (χ2n) is 6.41. The van der Waals surface area contributed by atoms with E-state index in [2.05, 4.69) is 0 Å². The molecule has 0 N–H and O–H groups in total. The molecule has 0 bridgehead atoms. The average Bonchev–Trinajstić information content (AvgIpc) is 2.45. The third-order valence-electron chi connectivity index (χ3n) is 2.75. The van der Waals surface area contributed by atoms with Gasteiger partial charge >= 0.3 is 5.97 Å². The van der Waals surface area contributed by atoms with Crippen LogP contribution in [0.1, 0.15) is 26.3 Å². The van der Waals surface area contributed by atoms with Gasteiger partial charge in [0.05, 0.1) is 19.5 Å². The van der Waals surface area contributed by atoms with Crippen LogP contribution in [-0.2, 0) is 35.0 Å². The summed E-state index contributed by atoms with van der Waals surface area (Å²) in [5.41, 5.74) is 0.419. The zero-order chi connectivity index (χ0) is 18.9. The van der Waals surface area contributed by atoms with Gasteiger partial charge in [0.25, 0.3) is 10.1 Å². The Balaban J connectivity index is 2.20. The Morgan fingerprint density at radius 3 is 2.24 bits per heavy atom. The van der Waals surface area contributed by atoms with Crippen LogP contribution in [0, 0.1) is 0 Å². The van der Waals surface area contributed by atoms with E-state index in [1.807, 2.05) is 12.1 Å². The molecule has 0 aromatic heterocycles. The van der Waals surface area contributed by atoms with Crippen LogP contribution in [0.4, 0.5) is 0 Å². The van der Waals surface area contributed by atoms with Crippen molar-refractivity contribution in [3.8, 4) is 5.75 Å². The van der Waals surface area contributed by atoms with Crippen LogP contribution in [0.3, 0.4) is 0 Å². The summed E-state index contributed by atoms with van der Waals surface area (Å²) < 4.78 is 42.3. The molecule has 0 saturated carbocycles. The Labute approximate surface area is 149 Å². The molecular formula is C17H26O7S. The minimum absolute atomic E-state index is 0.109. The fourth-order valence-electron chi connectivity index (χ4n) is 1.81. The molecule has 0 amide bonds. The molecule has 1 aromatic rings. The third kappa shape index (κ3) is 11.5. The normalized spacial score (nSPS) is 12.0. The molecule has 0 heterocycles. The molecule has 8 heteroatoms. The standard InChI is InChI=1S/C17H26O7S/c1-17(2,3)24-16(18)13-21-11-12-22-15-7-5-14(6-8-15)9-10-23-25(4,19)20/h5-8H,9-13H2,1-4H3. The molecule has 0 atom stereocenters. The number of esters is 1. The Bertz CT molecular complexity index is 630. The number of hydrogen-bond acceptors (Lipinski definition) is 7. The van der Waals surface area contributed by atoms with Gasteiger partial charge in [-0.25, -0.2) is 4.79 Å². The fourth-order valence-corrected chi connectivity index (χ4v) is 2.19. The molecule has 0 saturated heterocycles. The highest BCUT2D eigenvalue weighted by molar-refractivity contribution is 7.85. The van der Waals surface area contributed by atoms with Crippen LogP contribution >= 0.6 is 0 Å². The van der Waals surface area contributed by atoms with Gasteiger partial charge in [-0.2, -0.15) is 8.42 Å². The Hall–Kier alpha value is -1.64. The minimum Gasteiger partial charge on any atom is -0.491 e. The highest BCUT2D eigenvalue weighted by Gasteiger charge is 2.15. The van der Waals surface area contributed by atoms with Gasteiger partial charge in [0.15, 0.2) is 0 Å². The summed E-state index contributed by atoms with van der Waals surface area (Å²) >= 11 is 0. The largest absolute Gasteiger partial charge is 0.491 e. The van der Waals surface area contributed by atoms with Gasteiger partial charge in [-0.1, -0.05) is 12.1 Å². The lowest BCUT2D eigenvalue weighted by atomic mass is 10.1. The molecule has 0 aliphatic heterocycles. The van der Waals surface area contributed by atoms with E-state index in [1.165, 1.54) is 0 Å². The number of benzene rings is 1. The molecule has 1 aromatic carbocycles. The molecule has 7 nitrogen and oxygen atoms in total.